The first-order valence-electron chi connectivity index (χ1n) is 7.97. The minimum absolute atomic E-state index is 0.339. The number of rotatable bonds is 11. The van der Waals surface area contributed by atoms with E-state index in [1.54, 1.807) is 5.28 Å². The van der Waals surface area contributed by atoms with Gasteiger partial charge in [0.25, 0.3) is 14.1 Å². The van der Waals surface area contributed by atoms with Gasteiger partial charge in [0.2, 0.25) is 0 Å². The van der Waals surface area contributed by atoms with Gasteiger partial charge in [0, 0.05) is 6.04 Å². The molecule has 1 unspecified atom stereocenters. The van der Waals surface area contributed by atoms with Crippen LogP contribution in [0.2, 0.25) is 15.8 Å². The lowest BCUT2D eigenvalue weighted by Crippen LogP contribution is -2.35. The van der Waals surface area contributed by atoms with Gasteiger partial charge in [-0.15, -0.1) is 0 Å². The minimum atomic E-state index is -0.339. The molecule has 0 radical (unpaired) electrons. The summed E-state index contributed by atoms with van der Waals surface area (Å²) in [5.41, 5.74) is 0. The summed E-state index contributed by atoms with van der Waals surface area (Å²) in [4.78, 5) is 2.66. The van der Waals surface area contributed by atoms with E-state index in [1.165, 1.54) is 49.3 Å². The molecule has 0 aliphatic heterocycles. The summed E-state index contributed by atoms with van der Waals surface area (Å²) >= 11 is -0.339. The monoisotopic (exact) mass is 255 g/mol. The van der Waals surface area contributed by atoms with E-state index in [9.17, 15) is 0 Å². The molecule has 0 N–H and O–H groups in total. The Bertz CT molecular complexity index is 153. The third kappa shape index (κ3) is 7.50. The van der Waals surface area contributed by atoms with Gasteiger partial charge in [-0.05, 0) is 25.9 Å². The lowest BCUT2D eigenvalue weighted by molar-refractivity contribution is 0.193. The molecule has 0 aromatic carbocycles. The quantitative estimate of drug-likeness (QED) is 0.479. The summed E-state index contributed by atoms with van der Waals surface area (Å²) in [5.74, 6) is 0. The van der Waals surface area contributed by atoms with Gasteiger partial charge in [-0.25, -0.2) is 0 Å². The van der Waals surface area contributed by atoms with Gasteiger partial charge in [0.05, 0.1) is 0 Å². The third-order valence-corrected chi connectivity index (χ3v) is 7.79. The zero-order valence-corrected chi connectivity index (χ0v) is 14.1. The van der Waals surface area contributed by atoms with Crippen LogP contribution >= 0.6 is 0 Å². The van der Waals surface area contributed by atoms with E-state index in [4.69, 9.17) is 0 Å². The zero-order chi connectivity index (χ0) is 13.1. The molecule has 0 amide bonds. The van der Waals surface area contributed by atoms with Gasteiger partial charge >= 0.3 is 0 Å². The van der Waals surface area contributed by atoms with Crippen LogP contribution in [0.25, 0.3) is 0 Å². The van der Waals surface area contributed by atoms with Gasteiger partial charge in [-0.1, -0.05) is 63.3 Å². The second-order valence-electron chi connectivity index (χ2n) is 5.28. The fourth-order valence-corrected chi connectivity index (χ4v) is 5.13. The molecule has 0 bridgehead atoms. The van der Waals surface area contributed by atoms with E-state index in [1.807, 2.05) is 0 Å². The average Bonchev–Trinajstić information content (AvgIpc) is 2.36. The molecule has 0 aliphatic rings. The maximum absolute atomic E-state index is 2.66. The fraction of sp³-hybridized carbons (Fsp3) is 1.00. The second kappa shape index (κ2) is 11.6. The van der Waals surface area contributed by atoms with Crippen molar-refractivity contribution in [3.63, 3.8) is 0 Å². The Kier molecular flexibility index (Phi) is 11.9. The first-order chi connectivity index (χ1) is 8.23. The molecule has 1 atom stereocenters. The van der Waals surface area contributed by atoms with Crippen molar-refractivity contribution in [2.75, 3.05) is 13.1 Å². The van der Waals surface area contributed by atoms with E-state index < -0.39 is 0 Å². The summed E-state index contributed by atoms with van der Waals surface area (Å²) in [5, 5.41) is 4.58. The van der Waals surface area contributed by atoms with Crippen LogP contribution in [0.15, 0.2) is 0 Å². The summed E-state index contributed by atoms with van der Waals surface area (Å²) in [6.45, 7) is 14.2. The molecule has 0 saturated carbocycles. The predicted octanol–water partition coefficient (Wildman–Crippen LogP) is 4.81. The molecule has 102 valence electrons. The van der Waals surface area contributed by atoms with Crippen LogP contribution in [-0.4, -0.2) is 38.2 Å². The van der Waals surface area contributed by atoms with Crippen LogP contribution in [0.1, 0.15) is 60.3 Å². The van der Waals surface area contributed by atoms with E-state index in [2.05, 4.69) is 39.5 Å². The number of hydrogen-bond donors (Lipinski definition) is 0. The lowest BCUT2D eigenvalue weighted by atomic mass is 10.0. The van der Waals surface area contributed by atoms with Crippen molar-refractivity contribution >= 4 is 14.1 Å². The van der Waals surface area contributed by atoms with Crippen molar-refractivity contribution in [2.24, 2.45) is 0 Å². The van der Waals surface area contributed by atoms with Crippen molar-refractivity contribution in [2.45, 2.75) is 82.2 Å². The molecule has 0 saturated heterocycles. The molecule has 0 rings (SSSR count). The standard InChI is InChI=1S/C11H24N.2C2H5.Al/c1-5-9-11(10-6-2)12(7-3)8-4;2*1-2;/h11H,1,5-10H2,2-4H3;2*1H2,2H3;. The number of hydrogen-bond acceptors (Lipinski definition) is 1. The van der Waals surface area contributed by atoms with Crippen LogP contribution in [0.5, 0.6) is 0 Å². The maximum atomic E-state index is 2.66. The van der Waals surface area contributed by atoms with Gasteiger partial charge in [0.15, 0.2) is 0 Å². The largest absolute Gasteiger partial charge is 0.301 e. The van der Waals surface area contributed by atoms with Crippen molar-refractivity contribution in [3.05, 3.63) is 0 Å². The fourth-order valence-electron chi connectivity index (χ4n) is 2.92. The summed E-state index contributed by atoms with van der Waals surface area (Å²) < 4.78 is 0. The first kappa shape index (κ1) is 17.5. The third-order valence-electron chi connectivity index (χ3n) is 4.26. The van der Waals surface area contributed by atoms with E-state index in [0.717, 1.165) is 6.04 Å². The van der Waals surface area contributed by atoms with Gasteiger partial charge in [-0.2, -0.15) is 0 Å². The molecule has 0 aromatic heterocycles. The van der Waals surface area contributed by atoms with E-state index >= 15 is 0 Å². The van der Waals surface area contributed by atoms with E-state index in [0.29, 0.717) is 0 Å². The molecule has 2 heteroatoms. The van der Waals surface area contributed by atoms with Crippen LogP contribution in [0, 0.1) is 0 Å². The number of nitrogens with zero attached hydrogens (tertiary/aromatic N) is 1. The molecule has 0 fully saturated rings. The highest BCUT2D eigenvalue weighted by Crippen LogP contribution is 2.17. The highest BCUT2D eigenvalue weighted by Gasteiger charge is 2.16. The van der Waals surface area contributed by atoms with Crippen LogP contribution in [0.3, 0.4) is 0 Å². The lowest BCUT2D eigenvalue weighted by Gasteiger charge is -2.29. The zero-order valence-electron chi connectivity index (χ0n) is 13.0. The Morgan fingerprint density at radius 1 is 0.882 bits per heavy atom. The highest BCUT2D eigenvalue weighted by molar-refractivity contribution is 6.58. The van der Waals surface area contributed by atoms with Crippen LogP contribution < -0.4 is 0 Å². The van der Waals surface area contributed by atoms with E-state index in [-0.39, 0.29) is 14.1 Å². The Labute approximate surface area is 114 Å². The molecule has 0 heterocycles. The molecule has 0 aromatic rings. The molecule has 0 spiro atoms. The van der Waals surface area contributed by atoms with Crippen LogP contribution in [-0.2, 0) is 0 Å². The van der Waals surface area contributed by atoms with Gasteiger partial charge < -0.3 is 4.90 Å². The average molecular weight is 255 g/mol. The van der Waals surface area contributed by atoms with Gasteiger partial charge in [0.1, 0.15) is 0 Å². The van der Waals surface area contributed by atoms with Crippen molar-refractivity contribution in [1.82, 2.24) is 4.90 Å². The summed E-state index contributed by atoms with van der Waals surface area (Å²) in [6, 6.07) is 0.860. The Morgan fingerprint density at radius 2 is 1.47 bits per heavy atom. The molecular weight excluding hydrogens is 221 g/mol. The molecule has 0 aliphatic carbocycles. The Balaban J connectivity index is 3.99. The normalized spacial score (nSPS) is 13.1. The molecule has 17 heavy (non-hydrogen) atoms. The molecule has 1 nitrogen and oxygen atoms in total. The smallest absolute Gasteiger partial charge is 0.261 e. The van der Waals surface area contributed by atoms with Crippen molar-refractivity contribution < 1.29 is 0 Å². The topological polar surface area (TPSA) is 3.24 Å². The minimum Gasteiger partial charge on any atom is -0.301 e. The summed E-state index contributed by atoms with van der Waals surface area (Å²) in [6.07, 6.45) is 5.66. The SMILES string of the molecule is CCCC(CC[CH2][Al]([CH2]C)[CH2]C)N(CC)CC. The first-order valence-corrected chi connectivity index (χ1v) is 10.4. The highest BCUT2D eigenvalue weighted by atomic mass is 27.2. The van der Waals surface area contributed by atoms with Crippen molar-refractivity contribution in [3.8, 4) is 0 Å². The second-order valence-corrected chi connectivity index (χ2v) is 9.22. The Morgan fingerprint density at radius 3 is 1.88 bits per heavy atom. The van der Waals surface area contributed by atoms with Crippen molar-refractivity contribution in [1.29, 1.82) is 0 Å². The van der Waals surface area contributed by atoms with Crippen LogP contribution in [0.4, 0.5) is 0 Å². The molecular formula is C15H34AlN. The predicted molar refractivity (Wildman–Crippen MR) is 82.4 cm³/mol. The summed E-state index contributed by atoms with van der Waals surface area (Å²) in [7, 11) is 0. The van der Waals surface area contributed by atoms with Gasteiger partial charge in [-0.3, -0.25) is 0 Å². The Hall–Kier alpha value is 0.492. The maximum Gasteiger partial charge on any atom is 0.261 e.